The molecule has 0 aliphatic carbocycles. The van der Waals surface area contributed by atoms with Gasteiger partial charge in [0, 0.05) is 30.9 Å². The van der Waals surface area contributed by atoms with Gasteiger partial charge in [-0.05, 0) is 43.2 Å². The van der Waals surface area contributed by atoms with Crippen molar-refractivity contribution in [2.24, 2.45) is 5.92 Å². The predicted molar refractivity (Wildman–Crippen MR) is 155 cm³/mol. The number of aromatic nitrogens is 3. The fourth-order valence-corrected chi connectivity index (χ4v) is 5.36. The molecule has 2 aromatic carbocycles. The Bertz CT molecular complexity index is 1360. The highest BCUT2D eigenvalue weighted by atomic mass is 35.5. The van der Waals surface area contributed by atoms with E-state index in [0.717, 1.165) is 0 Å². The molecule has 1 aliphatic heterocycles. The quantitative estimate of drug-likeness (QED) is 0.341. The Morgan fingerprint density at radius 3 is 2.52 bits per heavy atom. The first-order chi connectivity index (χ1) is 19.3. The molecule has 0 bridgehead atoms. The van der Waals surface area contributed by atoms with Crippen molar-refractivity contribution in [2.45, 2.75) is 38.5 Å². The normalized spacial score (nSPS) is 14.2. The number of amides is 3. The monoisotopic (exact) mass is 584 g/mol. The van der Waals surface area contributed by atoms with Gasteiger partial charge in [0.2, 0.25) is 5.91 Å². The fourth-order valence-electron chi connectivity index (χ4n) is 4.33. The average Bonchev–Trinajstić information content (AvgIpc) is 3.37. The van der Waals surface area contributed by atoms with E-state index < -0.39 is 6.04 Å². The minimum atomic E-state index is -0.411. The molecule has 1 fully saturated rings. The largest absolute Gasteiger partial charge is 0.378 e. The summed E-state index contributed by atoms with van der Waals surface area (Å²) in [5.74, 6) is 0.111. The fraction of sp³-hybridized carbons (Fsp3) is 0.393. The van der Waals surface area contributed by atoms with E-state index in [9.17, 15) is 14.4 Å². The van der Waals surface area contributed by atoms with Crippen LogP contribution in [0.4, 0.5) is 5.69 Å². The number of nitrogens with zero attached hydrogens (tertiary/aromatic N) is 4. The van der Waals surface area contributed by atoms with Gasteiger partial charge >= 0.3 is 0 Å². The molecule has 0 radical (unpaired) electrons. The molecule has 10 nitrogen and oxygen atoms in total. The molecule has 212 valence electrons. The Morgan fingerprint density at radius 1 is 1.07 bits per heavy atom. The van der Waals surface area contributed by atoms with Crippen molar-refractivity contribution in [3.63, 3.8) is 0 Å². The Morgan fingerprint density at radius 2 is 1.82 bits per heavy atom. The van der Waals surface area contributed by atoms with Crippen LogP contribution in [0.5, 0.6) is 0 Å². The Kier molecular flexibility index (Phi) is 10.2. The summed E-state index contributed by atoms with van der Waals surface area (Å²) in [5, 5.41) is 15.5. The smallest absolute Gasteiger partial charge is 0.254 e. The molecule has 1 saturated heterocycles. The zero-order valence-electron chi connectivity index (χ0n) is 22.7. The van der Waals surface area contributed by atoms with Crippen molar-refractivity contribution in [3.8, 4) is 0 Å². The number of anilines is 1. The molecular formula is C28H33ClN6O4S. The number of nitrogens with one attached hydrogen (secondary N) is 2. The van der Waals surface area contributed by atoms with Gasteiger partial charge in [-0.1, -0.05) is 55.4 Å². The van der Waals surface area contributed by atoms with E-state index in [2.05, 4.69) is 20.8 Å². The molecule has 1 aliphatic rings. The molecule has 1 atom stereocenters. The lowest BCUT2D eigenvalue weighted by atomic mass is 10.0. The number of ether oxygens (including phenoxy) is 1. The molecular weight excluding hydrogens is 552 g/mol. The van der Waals surface area contributed by atoms with Gasteiger partial charge in [0.15, 0.2) is 11.0 Å². The van der Waals surface area contributed by atoms with Crippen LogP contribution < -0.4 is 10.6 Å². The molecule has 12 heteroatoms. The van der Waals surface area contributed by atoms with Crippen LogP contribution in [0.15, 0.2) is 53.7 Å². The third-order valence-corrected chi connectivity index (χ3v) is 7.73. The minimum Gasteiger partial charge on any atom is -0.378 e. The van der Waals surface area contributed by atoms with Crippen LogP contribution in [0.1, 0.15) is 53.4 Å². The van der Waals surface area contributed by atoms with Crippen molar-refractivity contribution in [1.29, 1.82) is 0 Å². The first kappa shape index (κ1) is 29.6. The van der Waals surface area contributed by atoms with E-state index >= 15 is 0 Å². The summed E-state index contributed by atoms with van der Waals surface area (Å²) >= 11 is 7.48. The summed E-state index contributed by atoms with van der Waals surface area (Å²) in [6, 6.07) is 13.4. The van der Waals surface area contributed by atoms with Crippen LogP contribution in [0.25, 0.3) is 0 Å². The maximum Gasteiger partial charge on any atom is 0.254 e. The number of hydrogen-bond donors (Lipinski definition) is 2. The Labute approximate surface area is 242 Å². The number of carbonyl (C=O) groups excluding carboxylic acids is 3. The van der Waals surface area contributed by atoms with Gasteiger partial charge in [-0.25, -0.2) is 0 Å². The second kappa shape index (κ2) is 13.8. The van der Waals surface area contributed by atoms with E-state index in [1.807, 2.05) is 25.3 Å². The molecule has 40 heavy (non-hydrogen) atoms. The van der Waals surface area contributed by atoms with Crippen LogP contribution in [-0.4, -0.2) is 69.4 Å². The van der Waals surface area contributed by atoms with Crippen LogP contribution in [0, 0.1) is 5.92 Å². The molecule has 1 aromatic heterocycles. The first-order valence-corrected chi connectivity index (χ1v) is 14.5. The van der Waals surface area contributed by atoms with Crippen molar-refractivity contribution in [1.82, 2.24) is 25.0 Å². The summed E-state index contributed by atoms with van der Waals surface area (Å²) in [6.45, 7) is 8.64. The number of morpholine rings is 1. The Hall–Kier alpha value is -3.41. The zero-order chi connectivity index (χ0) is 28.6. The lowest BCUT2D eigenvalue weighted by Gasteiger charge is -2.27. The molecule has 3 amide bonds. The van der Waals surface area contributed by atoms with E-state index in [1.54, 1.807) is 53.4 Å². The highest BCUT2D eigenvalue weighted by Crippen LogP contribution is 2.26. The number of thioether (sulfide) groups is 1. The van der Waals surface area contributed by atoms with Gasteiger partial charge in [-0.15, -0.1) is 10.2 Å². The SMILES string of the molecule is CCn1c(SCC(=O)Nc2cccc(C(=O)N3CCOCC3)c2)nnc1[C@H](NC(=O)c1ccccc1Cl)C(C)C. The molecule has 2 heterocycles. The van der Waals surface area contributed by atoms with E-state index in [1.165, 1.54) is 11.8 Å². The first-order valence-electron chi connectivity index (χ1n) is 13.2. The molecule has 0 saturated carbocycles. The van der Waals surface area contributed by atoms with Gasteiger partial charge in [0.1, 0.15) is 0 Å². The highest BCUT2D eigenvalue weighted by Gasteiger charge is 2.27. The number of carbonyl (C=O) groups is 3. The average molecular weight is 585 g/mol. The predicted octanol–water partition coefficient (Wildman–Crippen LogP) is 4.28. The molecule has 4 rings (SSSR count). The maximum atomic E-state index is 13.0. The lowest BCUT2D eigenvalue weighted by molar-refractivity contribution is -0.113. The number of hydrogen-bond acceptors (Lipinski definition) is 7. The summed E-state index contributed by atoms with van der Waals surface area (Å²) in [5.41, 5.74) is 1.45. The summed E-state index contributed by atoms with van der Waals surface area (Å²) in [4.78, 5) is 40.3. The van der Waals surface area contributed by atoms with E-state index in [-0.39, 0.29) is 29.4 Å². The standard InChI is InChI=1S/C28H33ClN6O4S/c1-4-35-25(24(18(2)3)31-26(37)21-10-5-6-11-22(21)29)32-33-28(35)40-17-23(36)30-20-9-7-8-19(16-20)27(38)34-12-14-39-15-13-34/h5-11,16,18,24H,4,12-15,17H2,1-3H3,(H,30,36)(H,31,37)/t24-/m1/s1. The van der Waals surface area contributed by atoms with Crippen molar-refractivity contribution in [2.75, 3.05) is 37.4 Å². The lowest BCUT2D eigenvalue weighted by Crippen LogP contribution is -2.40. The van der Waals surface area contributed by atoms with Crippen LogP contribution in [0.2, 0.25) is 5.02 Å². The number of rotatable bonds is 10. The second-order valence-electron chi connectivity index (χ2n) is 9.58. The summed E-state index contributed by atoms with van der Waals surface area (Å²) < 4.78 is 7.22. The topological polar surface area (TPSA) is 118 Å². The summed E-state index contributed by atoms with van der Waals surface area (Å²) in [7, 11) is 0. The van der Waals surface area contributed by atoms with E-state index in [4.69, 9.17) is 16.3 Å². The maximum absolute atomic E-state index is 13.0. The van der Waals surface area contributed by atoms with E-state index in [0.29, 0.717) is 65.7 Å². The Balaban J connectivity index is 1.40. The molecule has 0 unspecified atom stereocenters. The molecule has 3 aromatic rings. The van der Waals surface area contributed by atoms with Crippen molar-refractivity contribution >= 4 is 46.8 Å². The van der Waals surface area contributed by atoms with Crippen molar-refractivity contribution < 1.29 is 19.1 Å². The van der Waals surface area contributed by atoms with Gasteiger partial charge in [0.25, 0.3) is 11.8 Å². The van der Waals surface area contributed by atoms with Crippen LogP contribution in [-0.2, 0) is 16.1 Å². The van der Waals surface area contributed by atoms with Crippen LogP contribution >= 0.6 is 23.4 Å². The van der Waals surface area contributed by atoms with Gasteiger partial charge in [-0.3, -0.25) is 14.4 Å². The minimum absolute atomic E-state index is 0.0227. The van der Waals surface area contributed by atoms with Gasteiger partial charge in [-0.2, -0.15) is 0 Å². The number of benzene rings is 2. The zero-order valence-corrected chi connectivity index (χ0v) is 24.3. The third kappa shape index (κ3) is 7.21. The second-order valence-corrected chi connectivity index (χ2v) is 10.9. The third-order valence-electron chi connectivity index (χ3n) is 6.44. The van der Waals surface area contributed by atoms with Gasteiger partial charge < -0.3 is 24.8 Å². The van der Waals surface area contributed by atoms with Gasteiger partial charge in [0.05, 0.1) is 35.6 Å². The van der Waals surface area contributed by atoms with Crippen LogP contribution in [0.3, 0.4) is 0 Å². The molecule has 0 spiro atoms. The molecule has 2 N–H and O–H groups in total. The van der Waals surface area contributed by atoms with Crippen molar-refractivity contribution in [3.05, 3.63) is 70.5 Å². The number of halogens is 1. The highest BCUT2D eigenvalue weighted by molar-refractivity contribution is 7.99. The summed E-state index contributed by atoms with van der Waals surface area (Å²) in [6.07, 6.45) is 0.